The molecule has 8 nitrogen and oxygen atoms in total. The van der Waals surface area contributed by atoms with Crippen molar-refractivity contribution in [2.24, 2.45) is 33.7 Å². The minimum atomic E-state index is -1.58. The van der Waals surface area contributed by atoms with E-state index in [9.17, 15) is 24.9 Å². The van der Waals surface area contributed by atoms with Gasteiger partial charge in [0.05, 0.1) is 11.8 Å². The lowest BCUT2D eigenvalue weighted by atomic mass is 9.45. The van der Waals surface area contributed by atoms with Gasteiger partial charge in [0.25, 0.3) is 0 Å². The van der Waals surface area contributed by atoms with Crippen LogP contribution in [-0.2, 0) is 14.4 Å². The Balaban J connectivity index is 1.62. The zero-order valence-electron chi connectivity index (χ0n) is 18.2. The van der Waals surface area contributed by atoms with Crippen molar-refractivity contribution < 1.29 is 34.9 Å². The Labute approximate surface area is 182 Å². The van der Waals surface area contributed by atoms with Crippen LogP contribution in [0.2, 0.25) is 0 Å². The number of fused-ring (bicyclic) bond motifs is 5. The third-order valence-corrected chi connectivity index (χ3v) is 9.04. The summed E-state index contributed by atoms with van der Waals surface area (Å²) in [6, 6.07) is 0. The molecule has 8 heteroatoms. The van der Waals surface area contributed by atoms with Crippen LogP contribution in [0.15, 0.2) is 16.8 Å². The number of allylic oxidation sites excluding steroid dienone is 2. The minimum absolute atomic E-state index is 0.0265. The van der Waals surface area contributed by atoms with Crippen molar-refractivity contribution in [3.8, 4) is 0 Å². The Kier molecular flexibility index (Phi) is 5.55. The highest BCUT2D eigenvalue weighted by Gasteiger charge is 2.68. The summed E-state index contributed by atoms with van der Waals surface area (Å²) in [5.74, 6) is -1.26. The Hall–Kier alpha value is -1.77. The SMILES string of the molecule is C[C@]12CC/C(=N/OCC(=O)O)C=C1CC[C@@H]1[C@@H]2[C@H](O)C[C@@]2(C)[C@H]1CC[C@]2(O)C(=O)CO. The molecule has 0 spiro atoms. The summed E-state index contributed by atoms with van der Waals surface area (Å²) in [7, 11) is 0. The normalized spacial score (nSPS) is 45.3. The summed E-state index contributed by atoms with van der Waals surface area (Å²) >= 11 is 0. The molecule has 0 aromatic rings. The van der Waals surface area contributed by atoms with Crippen LogP contribution in [0, 0.1) is 28.6 Å². The molecule has 0 aliphatic heterocycles. The second-order valence-corrected chi connectivity index (χ2v) is 10.3. The first kappa shape index (κ1) is 22.4. The Morgan fingerprint density at radius 2 is 1.97 bits per heavy atom. The molecule has 4 aliphatic carbocycles. The monoisotopic (exact) mass is 435 g/mol. The molecule has 0 amide bonds. The first-order chi connectivity index (χ1) is 14.6. The van der Waals surface area contributed by atoms with Crippen LogP contribution in [0.4, 0.5) is 0 Å². The highest BCUT2D eigenvalue weighted by Crippen LogP contribution is 2.67. The van der Waals surface area contributed by atoms with E-state index in [2.05, 4.69) is 12.1 Å². The third kappa shape index (κ3) is 3.26. The molecule has 3 saturated carbocycles. The van der Waals surface area contributed by atoms with Crippen LogP contribution in [0.3, 0.4) is 0 Å². The highest BCUT2D eigenvalue weighted by molar-refractivity contribution is 5.96. The fourth-order valence-electron chi connectivity index (χ4n) is 7.54. The van der Waals surface area contributed by atoms with Crippen molar-refractivity contribution in [1.82, 2.24) is 0 Å². The summed E-state index contributed by atoms with van der Waals surface area (Å²) < 4.78 is 0. The van der Waals surface area contributed by atoms with Gasteiger partial charge in [-0.05, 0) is 74.2 Å². The van der Waals surface area contributed by atoms with E-state index >= 15 is 0 Å². The van der Waals surface area contributed by atoms with Gasteiger partial charge in [0.2, 0.25) is 6.61 Å². The number of Topliss-reactive ketones (excluding diaryl/α,β-unsaturated/α-hetero) is 1. The van der Waals surface area contributed by atoms with E-state index in [0.717, 1.165) is 31.4 Å². The van der Waals surface area contributed by atoms with E-state index in [1.807, 2.05) is 13.0 Å². The first-order valence-electron chi connectivity index (χ1n) is 11.2. The van der Waals surface area contributed by atoms with Gasteiger partial charge >= 0.3 is 5.97 Å². The molecule has 0 saturated heterocycles. The van der Waals surface area contributed by atoms with Crippen LogP contribution in [0.5, 0.6) is 0 Å². The number of oxime groups is 1. The number of aliphatic hydroxyl groups excluding tert-OH is 2. The second-order valence-electron chi connectivity index (χ2n) is 10.3. The number of carbonyl (C=O) groups is 2. The molecule has 0 aromatic carbocycles. The summed E-state index contributed by atoms with van der Waals surface area (Å²) in [4.78, 5) is 28.0. The molecule has 4 rings (SSSR count). The third-order valence-electron chi connectivity index (χ3n) is 9.04. The van der Waals surface area contributed by atoms with E-state index in [-0.39, 0.29) is 23.2 Å². The average molecular weight is 436 g/mol. The number of ketones is 1. The number of hydrogen-bond donors (Lipinski definition) is 4. The molecule has 0 unspecified atom stereocenters. The quantitative estimate of drug-likeness (QED) is 0.482. The largest absolute Gasteiger partial charge is 0.479 e. The van der Waals surface area contributed by atoms with Crippen molar-refractivity contribution in [3.63, 3.8) is 0 Å². The van der Waals surface area contributed by atoms with Crippen LogP contribution in [0.1, 0.15) is 58.8 Å². The van der Waals surface area contributed by atoms with Gasteiger partial charge in [0.1, 0.15) is 12.2 Å². The van der Waals surface area contributed by atoms with Gasteiger partial charge in [-0.15, -0.1) is 0 Å². The van der Waals surface area contributed by atoms with Gasteiger partial charge in [-0.2, -0.15) is 0 Å². The zero-order valence-corrected chi connectivity index (χ0v) is 18.2. The number of hydrogen-bond acceptors (Lipinski definition) is 7. The number of nitrogens with zero attached hydrogens (tertiary/aromatic N) is 1. The van der Waals surface area contributed by atoms with E-state index < -0.39 is 42.1 Å². The van der Waals surface area contributed by atoms with Gasteiger partial charge in [-0.25, -0.2) is 4.79 Å². The Morgan fingerprint density at radius 3 is 2.65 bits per heavy atom. The number of aliphatic carboxylic acids is 1. The standard InChI is InChI=1S/C23H33NO7/c1-21-7-5-14(24-31-12-19(28)29)9-13(21)3-4-15-16-6-8-23(30,18(27)11-25)22(16,2)10-17(26)20(15)21/h9,15-17,20,25-26,30H,3-8,10-12H2,1-2H3,(H,28,29)/b24-14-/t15-,16-,17+,20+,21-,22-,23-/m0/s1. The van der Waals surface area contributed by atoms with Crippen molar-refractivity contribution in [2.75, 3.05) is 13.2 Å². The fraction of sp³-hybridized carbons (Fsp3) is 0.783. The van der Waals surface area contributed by atoms with Gasteiger partial charge in [0.15, 0.2) is 5.78 Å². The van der Waals surface area contributed by atoms with Crippen LogP contribution in [-0.4, -0.2) is 62.8 Å². The second kappa shape index (κ2) is 7.67. The molecule has 0 radical (unpaired) electrons. The van der Waals surface area contributed by atoms with E-state index in [0.29, 0.717) is 19.3 Å². The van der Waals surface area contributed by atoms with Gasteiger partial charge < -0.3 is 25.3 Å². The minimum Gasteiger partial charge on any atom is -0.479 e. The molecule has 3 fully saturated rings. The summed E-state index contributed by atoms with van der Waals surface area (Å²) in [5, 5.41) is 44.8. The maximum Gasteiger partial charge on any atom is 0.344 e. The Morgan fingerprint density at radius 1 is 1.23 bits per heavy atom. The van der Waals surface area contributed by atoms with Crippen LogP contribution < -0.4 is 0 Å². The maximum atomic E-state index is 12.5. The van der Waals surface area contributed by atoms with Crippen molar-refractivity contribution >= 4 is 17.5 Å². The highest BCUT2D eigenvalue weighted by atomic mass is 16.6. The number of carbonyl (C=O) groups excluding carboxylic acids is 1. The van der Waals surface area contributed by atoms with Gasteiger partial charge in [-0.1, -0.05) is 24.6 Å². The molecular weight excluding hydrogens is 402 g/mol. The van der Waals surface area contributed by atoms with Gasteiger partial charge in [0, 0.05) is 5.41 Å². The maximum absolute atomic E-state index is 12.5. The summed E-state index contributed by atoms with van der Waals surface area (Å²) in [5.41, 5.74) is -0.594. The predicted molar refractivity (Wildman–Crippen MR) is 111 cm³/mol. The molecule has 0 aromatic heterocycles. The molecule has 7 atom stereocenters. The lowest BCUT2D eigenvalue weighted by molar-refractivity contribution is -0.181. The summed E-state index contributed by atoms with van der Waals surface area (Å²) in [6.45, 7) is 2.95. The van der Waals surface area contributed by atoms with E-state index in [4.69, 9.17) is 9.94 Å². The van der Waals surface area contributed by atoms with Crippen LogP contribution >= 0.6 is 0 Å². The molecule has 31 heavy (non-hydrogen) atoms. The zero-order chi connectivity index (χ0) is 22.6. The van der Waals surface area contributed by atoms with Crippen molar-refractivity contribution in [1.29, 1.82) is 0 Å². The lowest BCUT2D eigenvalue weighted by Crippen LogP contribution is -2.62. The fourth-order valence-corrected chi connectivity index (χ4v) is 7.54. The number of carboxylic acid groups (broad SMARTS) is 1. The Bertz CT molecular complexity index is 838. The van der Waals surface area contributed by atoms with E-state index in [1.54, 1.807) is 0 Å². The topological polar surface area (TPSA) is 137 Å². The lowest BCUT2D eigenvalue weighted by Gasteiger charge is -2.60. The van der Waals surface area contributed by atoms with Gasteiger partial charge in [-0.3, -0.25) is 4.79 Å². The van der Waals surface area contributed by atoms with E-state index in [1.165, 1.54) is 5.57 Å². The summed E-state index contributed by atoms with van der Waals surface area (Å²) in [6.07, 6.45) is 5.86. The average Bonchev–Trinajstić information content (AvgIpc) is 2.98. The molecule has 4 N–H and O–H groups in total. The molecule has 172 valence electrons. The first-order valence-corrected chi connectivity index (χ1v) is 11.2. The predicted octanol–water partition coefficient (Wildman–Crippen LogP) is 1.67. The molecule has 4 aliphatic rings. The van der Waals surface area contributed by atoms with Crippen molar-refractivity contribution in [3.05, 3.63) is 11.6 Å². The number of carboxylic acids is 1. The smallest absolute Gasteiger partial charge is 0.344 e. The molecule has 0 bridgehead atoms. The number of aliphatic hydroxyl groups is 3. The molecular formula is C23H33NO7. The van der Waals surface area contributed by atoms with Crippen LogP contribution in [0.25, 0.3) is 0 Å². The number of rotatable bonds is 5. The molecule has 0 heterocycles. The van der Waals surface area contributed by atoms with Crippen molar-refractivity contribution in [2.45, 2.75) is 70.5 Å².